The summed E-state index contributed by atoms with van der Waals surface area (Å²) >= 11 is 9.54. The quantitative estimate of drug-likeness (QED) is 0.923. The average molecular weight is 332 g/mol. The number of amides is 1. The Morgan fingerprint density at radius 1 is 1.61 bits per heavy atom. The lowest BCUT2D eigenvalue weighted by Crippen LogP contribution is -2.40. The molecule has 0 aromatic heterocycles. The molecule has 0 radical (unpaired) electrons. The van der Waals surface area contributed by atoms with Crippen molar-refractivity contribution in [3.63, 3.8) is 0 Å². The number of benzene rings is 1. The lowest BCUT2D eigenvalue weighted by molar-refractivity contribution is 0.0737. The normalized spacial score (nSPS) is 19.3. The Morgan fingerprint density at radius 2 is 2.39 bits per heavy atom. The molecule has 0 spiro atoms. The van der Waals surface area contributed by atoms with Crippen LogP contribution in [0.25, 0.3) is 0 Å². The highest BCUT2D eigenvalue weighted by Crippen LogP contribution is 2.29. The second kappa shape index (κ2) is 6.04. The smallest absolute Gasteiger partial charge is 0.255 e. The van der Waals surface area contributed by atoms with Crippen LogP contribution in [-0.2, 0) is 0 Å². The van der Waals surface area contributed by atoms with Crippen molar-refractivity contribution in [2.24, 2.45) is 0 Å². The van der Waals surface area contributed by atoms with Crippen molar-refractivity contribution >= 4 is 33.4 Å². The van der Waals surface area contributed by atoms with Gasteiger partial charge in [0.2, 0.25) is 0 Å². The van der Waals surface area contributed by atoms with Crippen LogP contribution in [0.3, 0.4) is 0 Å². The van der Waals surface area contributed by atoms with Gasteiger partial charge < -0.3 is 10.2 Å². The lowest BCUT2D eigenvalue weighted by atomic mass is 10.1. The summed E-state index contributed by atoms with van der Waals surface area (Å²) in [6, 6.07) is 5.74. The van der Waals surface area contributed by atoms with Crippen molar-refractivity contribution in [1.29, 1.82) is 0 Å². The van der Waals surface area contributed by atoms with Gasteiger partial charge in [-0.2, -0.15) is 0 Å². The Hall–Kier alpha value is -0.580. The fourth-order valence-electron chi connectivity index (χ4n) is 2.37. The van der Waals surface area contributed by atoms with E-state index in [0.717, 1.165) is 30.4 Å². The molecule has 0 saturated carbocycles. The summed E-state index contributed by atoms with van der Waals surface area (Å²) in [4.78, 5) is 14.4. The number of hydrogen-bond acceptors (Lipinski definition) is 2. The Bertz CT molecular complexity index is 453. The van der Waals surface area contributed by atoms with Gasteiger partial charge in [-0.3, -0.25) is 4.79 Å². The molecule has 98 valence electrons. The molecule has 1 N–H and O–H groups in total. The SMILES string of the molecule is CNCC1CCCN1C(=O)c1cccc(Br)c1Cl. The predicted molar refractivity (Wildman–Crippen MR) is 77.1 cm³/mol. The van der Waals surface area contributed by atoms with Gasteiger partial charge in [0.1, 0.15) is 0 Å². The Labute approximate surface area is 121 Å². The first-order chi connectivity index (χ1) is 8.65. The summed E-state index contributed by atoms with van der Waals surface area (Å²) in [6.07, 6.45) is 2.11. The highest BCUT2D eigenvalue weighted by Gasteiger charge is 2.29. The van der Waals surface area contributed by atoms with E-state index in [1.54, 1.807) is 6.07 Å². The molecule has 1 atom stereocenters. The molecular formula is C13H16BrClN2O. The minimum atomic E-state index is 0.0269. The number of rotatable bonds is 3. The van der Waals surface area contributed by atoms with E-state index in [9.17, 15) is 4.79 Å². The lowest BCUT2D eigenvalue weighted by Gasteiger charge is -2.25. The van der Waals surface area contributed by atoms with E-state index in [-0.39, 0.29) is 11.9 Å². The van der Waals surface area contributed by atoms with E-state index in [0.29, 0.717) is 10.6 Å². The first-order valence-electron chi connectivity index (χ1n) is 6.04. The summed E-state index contributed by atoms with van der Waals surface area (Å²) in [6.45, 7) is 1.64. The zero-order chi connectivity index (χ0) is 13.1. The van der Waals surface area contributed by atoms with Crippen molar-refractivity contribution in [2.45, 2.75) is 18.9 Å². The van der Waals surface area contributed by atoms with Gasteiger partial charge in [-0.05, 0) is 48.0 Å². The van der Waals surface area contributed by atoms with Crippen molar-refractivity contribution in [1.82, 2.24) is 10.2 Å². The minimum Gasteiger partial charge on any atom is -0.334 e. The molecule has 0 bridgehead atoms. The molecule has 2 rings (SSSR count). The maximum absolute atomic E-state index is 12.5. The molecule has 1 amide bonds. The Kier molecular flexibility index (Phi) is 4.65. The maximum Gasteiger partial charge on any atom is 0.255 e. The fourth-order valence-corrected chi connectivity index (χ4v) is 2.95. The highest BCUT2D eigenvalue weighted by molar-refractivity contribution is 9.10. The summed E-state index contributed by atoms with van der Waals surface area (Å²) in [5, 5.41) is 3.63. The van der Waals surface area contributed by atoms with Gasteiger partial charge in [-0.15, -0.1) is 0 Å². The third-order valence-corrected chi connectivity index (χ3v) is 4.56. The number of likely N-dealkylation sites (N-methyl/N-ethyl adjacent to an activating group) is 1. The van der Waals surface area contributed by atoms with Gasteiger partial charge in [-0.25, -0.2) is 0 Å². The molecule has 1 unspecified atom stereocenters. The number of nitrogens with one attached hydrogen (secondary N) is 1. The summed E-state index contributed by atoms with van der Waals surface area (Å²) in [7, 11) is 1.91. The van der Waals surface area contributed by atoms with Gasteiger partial charge in [-0.1, -0.05) is 17.7 Å². The molecule has 1 aromatic carbocycles. The molecule has 3 nitrogen and oxygen atoms in total. The Morgan fingerprint density at radius 3 is 3.11 bits per heavy atom. The Balaban J connectivity index is 2.23. The van der Waals surface area contributed by atoms with Crippen molar-refractivity contribution in [3.8, 4) is 0 Å². The summed E-state index contributed by atoms with van der Waals surface area (Å²) < 4.78 is 0.763. The van der Waals surface area contributed by atoms with Crippen molar-refractivity contribution < 1.29 is 4.79 Å². The third-order valence-electron chi connectivity index (χ3n) is 3.26. The van der Waals surface area contributed by atoms with Crippen LogP contribution in [0.2, 0.25) is 5.02 Å². The molecule has 1 aliphatic heterocycles. The maximum atomic E-state index is 12.5. The van der Waals surface area contributed by atoms with E-state index in [1.165, 1.54) is 0 Å². The van der Waals surface area contributed by atoms with E-state index < -0.39 is 0 Å². The van der Waals surface area contributed by atoms with Crippen LogP contribution in [0.1, 0.15) is 23.2 Å². The molecule has 1 fully saturated rings. The second-order valence-corrected chi connectivity index (χ2v) is 5.69. The van der Waals surface area contributed by atoms with Crippen LogP contribution in [0.15, 0.2) is 22.7 Å². The zero-order valence-electron chi connectivity index (χ0n) is 10.2. The number of likely N-dealkylation sites (tertiary alicyclic amines) is 1. The van der Waals surface area contributed by atoms with Crippen LogP contribution in [0.4, 0.5) is 0 Å². The molecule has 0 aliphatic carbocycles. The number of nitrogens with zero attached hydrogens (tertiary/aromatic N) is 1. The van der Waals surface area contributed by atoms with E-state index >= 15 is 0 Å². The zero-order valence-corrected chi connectivity index (χ0v) is 12.6. The van der Waals surface area contributed by atoms with Gasteiger partial charge in [0, 0.05) is 23.6 Å². The number of carbonyl (C=O) groups is 1. The van der Waals surface area contributed by atoms with Crippen LogP contribution in [0, 0.1) is 0 Å². The first-order valence-corrected chi connectivity index (χ1v) is 7.22. The molecule has 18 heavy (non-hydrogen) atoms. The summed E-state index contributed by atoms with van der Waals surface area (Å²) in [5.74, 6) is 0.0269. The first kappa shape index (κ1) is 13.8. The minimum absolute atomic E-state index is 0.0269. The fraction of sp³-hybridized carbons (Fsp3) is 0.462. The predicted octanol–water partition coefficient (Wildman–Crippen LogP) is 2.93. The number of hydrogen-bond donors (Lipinski definition) is 1. The van der Waals surface area contributed by atoms with Crippen molar-refractivity contribution in [3.05, 3.63) is 33.3 Å². The molecule has 5 heteroatoms. The third kappa shape index (κ3) is 2.71. The molecule has 1 aromatic rings. The highest BCUT2D eigenvalue weighted by atomic mass is 79.9. The van der Waals surface area contributed by atoms with E-state index in [4.69, 9.17) is 11.6 Å². The van der Waals surface area contributed by atoms with Gasteiger partial charge in [0.05, 0.1) is 10.6 Å². The largest absolute Gasteiger partial charge is 0.334 e. The van der Waals surface area contributed by atoms with Gasteiger partial charge >= 0.3 is 0 Å². The molecular weight excluding hydrogens is 316 g/mol. The average Bonchev–Trinajstić information content (AvgIpc) is 2.80. The van der Waals surface area contributed by atoms with Crippen molar-refractivity contribution in [2.75, 3.05) is 20.1 Å². The van der Waals surface area contributed by atoms with E-state index in [1.807, 2.05) is 24.1 Å². The van der Waals surface area contributed by atoms with Crippen LogP contribution in [-0.4, -0.2) is 37.0 Å². The van der Waals surface area contributed by atoms with Crippen LogP contribution in [0.5, 0.6) is 0 Å². The van der Waals surface area contributed by atoms with Gasteiger partial charge in [0.25, 0.3) is 5.91 Å². The monoisotopic (exact) mass is 330 g/mol. The summed E-state index contributed by atoms with van der Waals surface area (Å²) in [5.41, 5.74) is 0.578. The standard InChI is InChI=1S/C13H16BrClN2O/c1-16-8-9-4-3-7-17(9)13(18)10-5-2-6-11(14)12(10)15/h2,5-6,9,16H,3-4,7-8H2,1H3. The number of halogens is 2. The second-order valence-electron chi connectivity index (χ2n) is 4.45. The van der Waals surface area contributed by atoms with Crippen LogP contribution >= 0.6 is 27.5 Å². The van der Waals surface area contributed by atoms with E-state index in [2.05, 4.69) is 21.2 Å². The molecule has 1 aliphatic rings. The molecule has 1 heterocycles. The number of carbonyl (C=O) groups excluding carboxylic acids is 1. The molecule has 1 saturated heterocycles. The van der Waals surface area contributed by atoms with Gasteiger partial charge in [0.15, 0.2) is 0 Å². The van der Waals surface area contributed by atoms with Crippen LogP contribution < -0.4 is 5.32 Å². The topological polar surface area (TPSA) is 32.3 Å².